The van der Waals surface area contributed by atoms with E-state index in [1.165, 1.54) is 0 Å². The lowest BCUT2D eigenvalue weighted by atomic mass is 9.99. The quantitative estimate of drug-likeness (QED) is 0.814. The third-order valence-electron chi connectivity index (χ3n) is 3.31. The van der Waals surface area contributed by atoms with E-state index in [9.17, 15) is 4.79 Å². The number of aliphatic carboxylic acids is 1. The zero-order chi connectivity index (χ0) is 11.7. The van der Waals surface area contributed by atoms with E-state index in [1.54, 1.807) is 6.20 Å². The maximum atomic E-state index is 11.0. The van der Waals surface area contributed by atoms with E-state index in [2.05, 4.69) is 10.00 Å². The Hall–Kier alpha value is -1.36. The van der Waals surface area contributed by atoms with Crippen LogP contribution in [0.25, 0.3) is 0 Å². The van der Waals surface area contributed by atoms with Crippen molar-refractivity contribution in [3.63, 3.8) is 0 Å². The molecule has 2 atom stereocenters. The highest BCUT2D eigenvalue weighted by Crippen LogP contribution is 2.24. The van der Waals surface area contributed by atoms with Crippen molar-refractivity contribution in [3.8, 4) is 0 Å². The zero-order valence-electron chi connectivity index (χ0n) is 9.63. The lowest BCUT2D eigenvalue weighted by Crippen LogP contribution is -2.24. The average molecular weight is 223 g/mol. The van der Waals surface area contributed by atoms with Gasteiger partial charge in [0.15, 0.2) is 0 Å². The Kier molecular flexibility index (Phi) is 2.96. The number of carboxylic acid groups (broad SMARTS) is 1. The second kappa shape index (κ2) is 4.25. The first-order chi connectivity index (χ1) is 7.58. The second-order valence-corrected chi connectivity index (χ2v) is 4.56. The summed E-state index contributed by atoms with van der Waals surface area (Å²) < 4.78 is 1.83. The Morgan fingerprint density at radius 2 is 2.38 bits per heavy atom. The highest BCUT2D eigenvalue weighted by Gasteiger charge is 2.34. The van der Waals surface area contributed by atoms with Gasteiger partial charge in [0.2, 0.25) is 0 Å². The minimum absolute atomic E-state index is 0.228. The fourth-order valence-corrected chi connectivity index (χ4v) is 2.30. The van der Waals surface area contributed by atoms with Crippen LogP contribution < -0.4 is 0 Å². The van der Waals surface area contributed by atoms with E-state index in [1.807, 2.05) is 24.7 Å². The Balaban J connectivity index is 1.99. The molecular formula is C11H17N3O2. The molecule has 0 aliphatic carbocycles. The van der Waals surface area contributed by atoms with Crippen LogP contribution in [0.1, 0.15) is 12.6 Å². The molecule has 1 aromatic heterocycles. The Morgan fingerprint density at radius 3 is 2.88 bits per heavy atom. The van der Waals surface area contributed by atoms with Crippen molar-refractivity contribution in [1.82, 2.24) is 14.7 Å². The SMILES string of the molecule is CC1CN(Cc2ccnn2C)CC1C(=O)O. The van der Waals surface area contributed by atoms with Gasteiger partial charge < -0.3 is 5.11 Å². The summed E-state index contributed by atoms with van der Waals surface area (Å²) in [5.74, 6) is -0.682. The molecule has 0 amide bonds. The van der Waals surface area contributed by atoms with Crippen LogP contribution in [0.2, 0.25) is 0 Å². The van der Waals surface area contributed by atoms with E-state index in [0.29, 0.717) is 6.54 Å². The molecule has 2 heterocycles. The number of aryl methyl sites for hydroxylation is 1. The van der Waals surface area contributed by atoms with E-state index >= 15 is 0 Å². The fourth-order valence-electron chi connectivity index (χ4n) is 2.30. The first kappa shape index (κ1) is 11.1. The fraction of sp³-hybridized carbons (Fsp3) is 0.636. The van der Waals surface area contributed by atoms with Gasteiger partial charge in [0, 0.05) is 32.9 Å². The smallest absolute Gasteiger partial charge is 0.308 e. The topological polar surface area (TPSA) is 58.4 Å². The molecule has 16 heavy (non-hydrogen) atoms. The molecule has 0 spiro atoms. The predicted octanol–water partition coefficient (Wildman–Crippen LogP) is 0.573. The van der Waals surface area contributed by atoms with Crippen molar-refractivity contribution in [2.45, 2.75) is 13.5 Å². The number of nitrogens with zero attached hydrogens (tertiary/aromatic N) is 3. The van der Waals surface area contributed by atoms with Crippen molar-refractivity contribution in [1.29, 1.82) is 0 Å². The van der Waals surface area contributed by atoms with Gasteiger partial charge in [-0.2, -0.15) is 5.10 Å². The van der Waals surface area contributed by atoms with Gasteiger partial charge in [0.25, 0.3) is 0 Å². The summed E-state index contributed by atoms with van der Waals surface area (Å²) in [6.45, 7) is 4.27. The largest absolute Gasteiger partial charge is 0.481 e. The summed E-state index contributed by atoms with van der Waals surface area (Å²) in [6.07, 6.45) is 1.77. The van der Waals surface area contributed by atoms with Crippen LogP contribution in [0.15, 0.2) is 12.3 Å². The number of carboxylic acids is 1. The molecule has 1 aliphatic heterocycles. The highest BCUT2D eigenvalue weighted by atomic mass is 16.4. The maximum absolute atomic E-state index is 11.0. The molecule has 2 unspecified atom stereocenters. The van der Waals surface area contributed by atoms with Gasteiger partial charge in [-0.1, -0.05) is 6.92 Å². The number of rotatable bonds is 3. The zero-order valence-corrected chi connectivity index (χ0v) is 9.63. The average Bonchev–Trinajstić information content (AvgIpc) is 2.75. The number of hydrogen-bond acceptors (Lipinski definition) is 3. The molecule has 1 aliphatic rings. The lowest BCUT2D eigenvalue weighted by Gasteiger charge is -2.14. The molecule has 5 heteroatoms. The van der Waals surface area contributed by atoms with Gasteiger partial charge >= 0.3 is 5.97 Å². The van der Waals surface area contributed by atoms with Crippen LogP contribution >= 0.6 is 0 Å². The van der Waals surface area contributed by atoms with Gasteiger partial charge in [-0.3, -0.25) is 14.4 Å². The molecule has 1 N–H and O–H groups in total. The van der Waals surface area contributed by atoms with E-state index in [0.717, 1.165) is 18.8 Å². The molecule has 5 nitrogen and oxygen atoms in total. The Bertz CT molecular complexity index is 388. The van der Waals surface area contributed by atoms with Gasteiger partial charge in [0.05, 0.1) is 11.6 Å². The van der Waals surface area contributed by atoms with Crippen molar-refractivity contribution >= 4 is 5.97 Å². The van der Waals surface area contributed by atoms with Crippen molar-refractivity contribution in [2.75, 3.05) is 13.1 Å². The standard InChI is InChI=1S/C11H17N3O2/c1-8-5-14(7-10(8)11(15)16)6-9-3-4-12-13(9)2/h3-4,8,10H,5-7H2,1-2H3,(H,15,16). The predicted molar refractivity (Wildman–Crippen MR) is 58.8 cm³/mol. The third kappa shape index (κ3) is 2.09. The van der Waals surface area contributed by atoms with Gasteiger partial charge in [-0.25, -0.2) is 0 Å². The third-order valence-corrected chi connectivity index (χ3v) is 3.31. The molecular weight excluding hydrogens is 206 g/mol. The van der Waals surface area contributed by atoms with Crippen molar-refractivity contribution in [3.05, 3.63) is 18.0 Å². The second-order valence-electron chi connectivity index (χ2n) is 4.56. The van der Waals surface area contributed by atoms with Crippen LogP contribution in [-0.4, -0.2) is 38.8 Å². The summed E-state index contributed by atoms with van der Waals surface area (Å²) >= 11 is 0. The number of likely N-dealkylation sites (tertiary alicyclic amines) is 1. The monoisotopic (exact) mass is 223 g/mol. The van der Waals surface area contributed by atoms with Crippen LogP contribution in [0, 0.1) is 11.8 Å². The summed E-state index contributed by atoms with van der Waals surface area (Å²) in [5, 5.41) is 13.1. The molecule has 1 fully saturated rings. The van der Waals surface area contributed by atoms with Crippen LogP contribution in [-0.2, 0) is 18.4 Å². The minimum atomic E-state index is -0.681. The summed E-state index contributed by atoms with van der Waals surface area (Å²) in [6, 6.07) is 1.97. The number of hydrogen-bond donors (Lipinski definition) is 1. The minimum Gasteiger partial charge on any atom is -0.481 e. The number of carbonyl (C=O) groups is 1. The molecule has 2 rings (SSSR count). The first-order valence-corrected chi connectivity index (χ1v) is 5.50. The molecule has 0 bridgehead atoms. The van der Waals surface area contributed by atoms with Gasteiger partial charge in [-0.05, 0) is 12.0 Å². The molecule has 88 valence electrons. The van der Waals surface area contributed by atoms with E-state index < -0.39 is 5.97 Å². The summed E-state index contributed by atoms with van der Waals surface area (Å²) in [4.78, 5) is 13.2. The maximum Gasteiger partial charge on any atom is 0.308 e. The highest BCUT2D eigenvalue weighted by molar-refractivity contribution is 5.71. The molecule has 0 radical (unpaired) electrons. The van der Waals surface area contributed by atoms with Crippen molar-refractivity contribution < 1.29 is 9.90 Å². The lowest BCUT2D eigenvalue weighted by molar-refractivity contribution is -0.142. The molecule has 0 aromatic carbocycles. The van der Waals surface area contributed by atoms with E-state index in [-0.39, 0.29) is 11.8 Å². The number of aromatic nitrogens is 2. The van der Waals surface area contributed by atoms with Crippen LogP contribution in [0.3, 0.4) is 0 Å². The van der Waals surface area contributed by atoms with Gasteiger partial charge in [0.1, 0.15) is 0 Å². The summed E-state index contributed by atoms with van der Waals surface area (Å²) in [5.41, 5.74) is 1.12. The summed E-state index contributed by atoms with van der Waals surface area (Å²) in [7, 11) is 1.91. The van der Waals surface area contributed by atoms with Crippen LogP contribution in [0.4, 0.5) is 0 Å². The molecule has 1 saturated heterocycles. The first-order valence-electron chi connectivity index (χ1n) is 5.50. The Morgan fingerprint density at radius 1 is 1.62 bits per heavy atom. The molecule has 0 saturated carbocycles. The van der Waals surface area contributed by atoms with Crippen molar-refractivity contribution in [2.24, 2.45) is 18.9 Å². The van der Waals surface area contributed by atoms with Crippen LogP contribution in [0.5, 0.6) is 0 Å². The molecule has 1 aromatic rings. The normalized spacial score (nSPS) is 26.1. The Labute approximate surface area is 94.7 Å². The van der Waals surface area contributed by atoms with E-state index in [4.69, 9.17) is 5.11 Å². The van der Waals surface area contributed by atoms with Gasteiger partial charge in [-0.15, -0.1) is 0 Å².